The Morgan fingerprint density at radius 2 is 1.87 bits per heavy atom. The quantitative estimate of drug-likeness (QED) is 0.624. The zero-order valence-corrected chi connectivity index (χ0v) is 18.0. The SMILES string of the molecule is CCOC(=O)c1c(C)[nH]c(C(=O)Nc2cc(C(C)(C)C)nn2-c2ncccn2)c1C. The van der Waals surface area contributed by atoms with Gasteiger partial charge in [0, 0.05) is 29.6 Å². The van der Waals surface area contributed by atoms with E-state index < -0.39 is 11.9 Å². The first kappa shape index (κ1) is 21.2. The van der Waals surface area contributed by atoms with Gasteiger partial charge in [-0.15, -0.1) is 0 Å². The Balaban J connectivity index is 1.99. The molecule has 0 saturated carbocycles. The summed E-state index contributed by atoms with van der Waals surface area (Å²) in [5.74, 6) is -0.0837. The Labute approximate surface area is 174 Å². The van der Waals surface area contributed by atoms with Crippen LogP contribution in [0.25, 0.3) is 5.95 Å². The molecule has 0 radical (unpaired) electrons. The van der Waals surface area contributed by atoms with Crippen LogP contribution in [-0.2, 0) is 10.2 Å². The highest BCUT2D eigenvalue weighted by molar-refractivity contribution is 6.06. The van der Waals surface area contributed by atoms with E-state index in [2.05, 4.69) is 25.4 Å². The highest BCUT2D eigenvalue weighted by Crippen LogP contribution is 2.26. The van der Waals surface area contributed by atoms with Gasteiger partial charge in [0.25, 0.3) is 11.9 Å². The molecule has 0 aliphatic heterocycles. The molecule has 0 aliphatic carbocycles. The molecule has 0 unspecified atom stereocenters. The second-order valence-corrected chi connectivity index (χ2v) is 7.93. The predicted octanol–water partition coefficient (Wildman–Crippen LogP) is 3.33. The normalized spacial score (nSPS) is 11.4. The molecule has 3 aromatic heterocycles. The number of anilines is 1. The van der Waals surface area contributed by atoms with Crippen LogP contribution >= 0.6 is 0 Å². The van der Waals surface area contributed by atoms with Crippen molar-refractivity contribution in [2.24, 2.45) is 0 Å². The summed E-state index contributed by atoms with van der Waals surface area (Å²) in [6, 6.07) is 3.50. The summed E-state index contributed by atoms with van der Waals surface area (Å²) in [5.41, 5.74) is 2.30. The largest absolute Gasteiger partial charge is 0.462 e. The van der Waals surface area contributed by atoms with Gasteiger partial charge in [-0.05, 0) is 32.4 Å². The van der Waals surface area contributed by atoms with Crippen molar-refractivity contribution in [3.63, 3.8) is 0 Å². The van der Waals surface area contributed by atoms with Gasteiger partial charge in [0.05, 0.1) is 17.9 Å². The van der Waals surface area contributed by atoms with Crippen molar-refractivity contribution in [3.8, 4) is 5.95 Å². The third-order valence-electron chi connectivity index (χ3n) is 4.61. The van der Waals surface area contributed by atoms with Crippen LogP contribution in [0.4, 0.5) is 5.82 Å². The topological polar surface area (TPSA) is 115 Å². The molecule has 0 spiro atoms. The van der Waals surface area contributed by atoms with Crippen LogP contribution in [0.15, 0.2) is 24.5 Å². The number of carbonyl (C=O) groups excluding carboxylic acids is 2. The number of ether oxygens (including phenoxy) is 1. The Morgan fingerprint density at radius 1 is 1.20 bits per heavy atom. The van der Waals surface area contributed by atoms with Crippen molar-refractivity contribution in [3.05, 3.63) is 52.7 Å². The second-order valence-electron chi connectivity index (χ2n) is 7.93. The van der Waals surface area contributed by atoms with Crippen molar-refractivity contribution in [2.75, 3.05) is 11.9 Å². The monoisotopic (exact) mass is 410 g/mol. The molecule has 0 fully saturated rings. The number of nitrogens with zero attached hydrogens (tertiary/aromatic N) is 4. The molecule has 3 aromatic rings. The summed E-state index contributed by atoms with van der Waals surface area (Å²) < 4.78 is 6.59. The molecule has 9 nitrogen and oxygen atoms in total. The van der Waals surface area contributed by atoms with Crippen molar-refractivity contribution in [1.29, 1.82) is 0 Å². The first-order chi connectivity index (χ1) is 14.1. The number of esters is 1. The Bertz CT molecular complexity index is 1080. The van der Waals surface area contributed by atoms with Gasteiger partial charge in [-0.25, -0.2) is 14.8 Å². The summed E-state index contributed by atoms with van der Waals surface area (Å²) in [7, 11) is 0. The molecule has 0 aromatic carbocycles. The van der Waals surface area contributed by atoms with Crippen LogP contribution in [0, 0.1) is 13.8 Å². The lowest BCUT2D eigenvalue weighted by atomic mass is 9.92. The average molecular weight is 410 g/mol. The fraction of sp³-hybridized carbons (Fsp3) is 0.381. The maximum atomic E-state index is 13.0. The summed E-state index contributed by atoms with van der Waals surface area (Å²) in [5, 5.41) is 7.46. The van der Waals surface area contributed by atoms with E-state index in [0.717, 1.165) is 5.69 Å². The molecule has 2 N–H and O–H groups in total. The molecule has 158 valence electrons. The predicted molar refractivity (Wildman–Crippen MR) is 112 cm³/mol. The minimum Gasteiger partial charge on any atom is -0.462 e. The number of hydrogen-bond donors (Lipinski definition) is 2. The third kappa shape index (κ3) is 4.10. The van der Waals surface area contributed by atoms with Gasteiger partial charge in [-0.1, -0.05) is 20.8 Å². The lowest BCUT2D eigenvalue weighted by Gasteiger charge is -2.13. The minimum absolute atomic E-state index is 0.241. The zero-order valence-electron chi connectivity index (χ0n) is 18.0. The lowest BCUT2D eigenvalue weighted by molar-refractivity contribution is 0.0525. The van der Waals surface area contributed by atoms with Crippen molar-refractivity contribution >= 4 is 17.7 Å². The van der Waals surface area contributed by atoms with E-state index in [1.807, 2.05) is 20.8 Å². The Kier molecular flexibility index (Phi) is 5.73. The van der Waals surface area contributed by atoms with Gasteiger partial charge in [0.2, 0.25) is 0 Å². The number of amides is 1. The summed E-state index contributed by atoms with van der Waals surface area (Å²) in [6.45, 7) is 11.5. The number of hydrogen-bond acceptors (Lipinski definition) is 6. The highest BCUT2D eigenvalue weighted by atomic mass is 16.5. The molecular formula is C21H26N6O3. The van der Waals surface area contributed by atoms with Gasteiger partial charge in [0.1, 0.15) is 11.5 Å². The molecule has 0 aliphatic rings. The molecule has 30 heavy (non-hydrogen) atoms. The van der Waals surface area contributed by atoms with Crippen molar-refractivity contribution in [2.45, 2.75) is 47.0 Å². The summed E-state index contributed by atoms with van der Waals surface area (Å²) in [4.78, 5) is 36.7. The molecule has 3 heterocycles. The van der Waals surface area contributed by atoms with Crippen molar-refractivity contribution < 1.29 is 14.3 Å². The van der Waals surface area contributed by atoms with E-state index in [1.165, 1.54) is 4.68 Å². The maximum Gasteiger partial charge on any atom is 0.340 e. The minimum atomic E-state index is -0.458. The number of carbonyl (C=O) groups is 2. The van der Waals surface area contributed by atoms with Crippen LogP contribution < -0.4 is 5.32 Å². The molecule has 0 saturated heterocycles. The highest BCUT2D eigenvalue weighted by Gasteiger charge is 2.26. The van der Waals surface area contributed by atoms with E-state index in [1.54, 1.807) is 45.3 Å². The molecule has 0 bridgehead atoms. The first-order valence-electron chi connectivity index (χ1n) is 9.69. The third-order valence-corrected chi connectivity index (χ3v) is 4.61. The smallest absolute Gasteiger partial charge is 0.340 e. The second kappa shape index (κ2) is 8.10. The Morgan fingerprint density at radius 3 is 2.47 bits per heavy atom. The molecule has 9 heteroatoms. The molecule has 1 amide bonds. The fourth-order valence-electron chi connectivity index (χ4n) is 3.06. The van der Waals surface area contributed by atoms with Gasteiger partial charge in [0.15, 0.2) is 0 Å². The molecule has 3 rings (SSSR count). The first-order valence-corrected chi connectivity index (χ1v) is 9.69. The average Bonchev–Trinajstić information content (AvgIpc) is 3.23. The van der Waals surface area contributed by atoms with Gasteiger partial charge in [-0.3, -0.25) is 4.79 Å². The van der Waals surface area contributed by atoms with Crippen molar-refractivity contribution in [1.82, 2.24) is 24.7 Å². The van der Waals surface area contributed by atoms with Crippen LogP contribution in [-0.4, -0.2) is 43.2 Å². The maximum absolute atomic E-state index is 13.0. The lowest BCUT2D eigenvalue weighted by Crippen LogP contribution is -2.17. The number of nitrogens with one attached hydrogen (secondary N) is 2. The number of aryl methyl sites for hydroxylation is 1. The van der Waals surface area contributed by atoms with Crippen LogP contribution in [0.5, 0.6) is 0 Å². The van der Waals surface area contributed by atoms with E-state index >= 15 is 0 Å². The van der Waals surface area contributed by atoms with Crippen LogP contribution in [0.1, 0.15) is 65.5 Å². The number of rotatable bonds is 5. The van der Waals surface area contributed by atoms with E-state index in [4.69, 9.17) is 4.74 Å². The summed E-state index contributed by atoms with van der Waals surface area (Å²) >= 11 is 0. The van der Waals surface area contributed by atoms with Crippen LogP contribution in [0.2, 0.25) is 0 Å². The van der Waals surface area contributed by atoms with Gasteiger partial charge < -0.3 is 15.0 Å². The number of aromatic nitrogens is 5. The zero-order chi connectivity index (χ0) is 22.1. The number of H-pyrrole nitrogens is 1. The Hall–Kier alpha value is -3.49. The molecular weight excluding hydrogens is 384 g/mol. The van der Waals surface area contributed by atoms with E-state index in [-0.39, 0.29) is 17.7 Å². The van der Waals surface area contributed by atoms with E-state index in [0.29, 0.717) is 28.6 Å². The van der Waals surface area contributed by atoms with Gasteiger partial charge in [-0.2, -0.15) is 9.78 Å². The van der Waals surface area contributed by atoms with Gasteiger partial charge >= 0.3 is 5.97 Å². The van der Waals surface area contributed by atoms with Crippen LogP contribution in [0.3, 0.4) is 0 Å². The number of aromatic amines is 1. The molecule has 0 atom stereocenters. The summed E-state index contributed by atoms with van der Waals surface area (Å²) in [6.07, 6.45) is 3.22. The fourth-order valence-corrected chi connectivity index (χ4v) is 3.06. The van der Waals surface area contributed by atoms with E-state index in [9.17, 15) is 9.59 Å². The standard InChI is InChI=1S/C21H26N6O3/c1-7-30-19(29)16-12(2)17(24-13(16)3)18(28)25-15-11-14(21(4,5)6)26-27(15)20-22-9-8-10-23-20/h8-11,24H,7H2,1-6H3,(H,25,28).